The molecule has 3 nitrogen and oxygen atoms in total. The molecule has 0 aliphatic carbocycles. The first-order valence-corrected chi connectivity index (χ1v) is 6.45. The number of aryl methyl sites for hydroxylation is 2. The average molecular weight is 223 g/mol. The van der Waals surface area contributed by atoms with Crippen molar-refractivity contribution in [2.24, 2.45) is 0 Å². The zero-order valence-electron chi connectivity index (χ0n) is 10.9. The smallest absolute Gasteiger partial charge is 0.0492 e. The molecule has 0 saturated heterocycles. The first kappa shape index (κ1) is 13.2. The lowest BCUT2D eigenvalue weighted by Gasteiger charge is -2.12. The van der Waals surface area contributed by atoms with E-state index in [4.69, 9.17) is 0 Å². The van der Waals surface area contributed by atoms with Gasteiger partial charge in [-0.05, 0) is 45.7 Å². The minimum Gasteiger partial charge on any atom is -0.314 e. The third kappa shape index (κ3) is 4.79. The van der Waals surface area contributed by atoms with Crippen molar-refractivity contribution >= 4 is 0 Å². The molecule has 3 heteroatoms. The van der Waals surface area contributed by atoms with Crippen molar-refractivity contribution in [1.82, 2.24) is 15.1 Å². The van der Waals surface area contributed by atoms with Gasteiger partial charge in [-0.3, -0.25) is 4.68 Å². The molecule has 1 heterocycles. The minimum absolute atomic E-state index is 0.652. The standard InChI is InChI=1S/C13H25N3/c1-4-9-14-12(2)7-5-6-11-16-13(3)8-10-15-16/h8,10,12,14H,4-7,9,11H2,1-3H3. The van der Waals surface area contributed by atoms with Crippen molar-refractivity contribution in [1.29, 1.82) is 0 Å². The second-order valence-corrected chi connectivity index (χ2v) is 4.55. The molecular formula is C13H25N3. The zero-order valence-corrected chi connectivity index (χ0v) is 10.9. The van der Waals surface area contributed by atoms with E-state index in [0.717, 1.165) is 13.1 Å². The van der Waals surface area contributed by atoms with Gasteiger partial charge in [0.05, 0.1) is 0 Å². The molecule has 1 aromatic rings. The van der Waals surface area contributed by atoms with Gasteiger partial charge >= 0.3 is 0 Å². The topological polar surface area (TPSA) is 29.9 Å². The maximum atomic E-state index is 4.28. The molecule has 0 bridgehead atoms. The van der Waals surface area contributed by atoms with Crippen LogP contribution in [0.25, 0.3) is 0 Å². The van der Waals surface area contributed by atoms with E-state index in [-0.39, 0.29) is 0 Å². The Kier molecular flexibility index (Phi) is 6.16. The number of hydrogen-bond acceptors (Lipinski definition) is 2. The van der Waals surface area contributed by atoms with Gasteiger partial charge in [-0.25, -0.2) is 0 Å². The molecule has 0 aromatic carbocycles. The van der Waals surface area contributed by atoms with Crippen molar-refractivity contribution in [3.63, 3.8) is 0 Å². The second-order valence-electron chi connectivity index (χ2n) is 4.55. The van der Waals surface area contributed by atoms with Crippen molar-refractivity contribution in [3.05, 3.63) is 18.0 Å². The summed E-state index contributed by atoms with van der Waals surface area (Å²) in [5.74, 6) is 0. The highest BCUT2D eigenvalue weighted by molar-refractivity contribution is 4.96. The molecule has 1 unspecified atom stereocenters. The first-order chi connectivity index (χ1) is 7.74. The van der Waals surface area contributed by atoms with Crippen LogP contribution in [0.1, 0.15) is 45.2 Å². The molecule has 0 saturated carbocycles. The van der Waals surface area contributed by atoms with E-state index in [1.807, 2.05) is 6.20 Å². The third-order valence-electron chi connectivity index (χ3n) is 2.93. The number of unbranched alkanes of at least 4 members (excludes halogenated alkanes) is 1. The maximum Gasteiger partial charge on any atom is 0.0492 e. The van der Waals surface area contributed by atoms with Crippen LogP contribution in [0.2, 0.25) is 0 Å². The molecule has 1 rings (SSSR count). The van der Waals surface area contributed by atoms with Crippen LogP contribution in [0.4, 0.5) is 0 Å². The van der Waals surface area contributed by atoms with Crippen LogP contribution in [0.5, 0.6) is 0 Å². The molecule has 92 valence electrons. The van der Waals surface area contributed by atoms with Gasteiger partial charge in [-0.1, -0.05) is 13.3 Å². The van der Waals surface area contributed by atoms with Gasteiger partial charge in [-0.15, -0.1) is 0 Å². The quantitative estimate of drug-likeness (QED) is 0.687. The predicted octanol–water partition coefficient (Wildman–Crippen LogP) is 2.75. The summed E-state index contributed by atoms with van der Waals surface area (Å²) < 4.78 is 2.09. The van der Waals surface area contributed by atoms with E-state index >= 15 is 0 Å². The molecule has 0 fully saturated rings. The zero-order chi connectivity index (χ0) is 11.8. The highest BCUT2D eigenvalue weighted by Crippen LogP contribution is 2.04. The highest BCUT2D eigenvalue weighted by Gasteiger charge is 2.01. The number of nitrogens with one attached hydrogen (secondary N) is 1. The largest absolute Gasteiger partial charge is 0.314 e. The van der Waals surface area contributed by atoms with Crippen LogP contribution in [0.3, 0.4) is 0 Å². The molecule has 0 amide bonds. The fraction of sp³-hybridized carbons (Fsp3) is 0.769. The Morgan fingerprint density at radius 3 is 2.88 bits per heavy atom. The summed E-state index contributed by atoms with van der Waals surface area (Å²) >= 11 is 0. The second kappa shape index (κ2) is 7.44. The van der Waals surface area contributed by atoms with Gasteiger partial charge in [0.15, 0.2) is 0 Å². The highest BCUT2D eigenvalue weighted by atomic mass is 15.3. The summed E-state index contributed by atoms with van der Waals surface area (Å²) in [7, 11) is 0. The predicted molar refractivity (Wildman–Crippen MR) is 68.6 cm³/mol. The van der Waals surface area contributed by atoms with Crippen LogP contribution in [-0.2, 0) is 6.54 Å². The van der Waals surface area contributed by atoms with Gasteiger partial charge in [0.25, 0.3) is 0 Å². The van der Waals surface area contributed by atoms with E-state index in [1.54, 1.807) is 0 Å². The molecule has 16 heavy (non-hydrogen) atoms. The van der Waals surface area contributed by atoms with E-state index in [9.17, 15) is 0 Å². The molecule has 0 aliphatic rings. The molecule has 1 N–H and O–H groups in total. The Labute approximate surface area is 99.2 Å². The Morgan fingerprint density at radius 1 is 1.44 bits per heavy atom. The van der Waals surface area contributed by atoms with Gasteiger partial charge in [0, 0.05) is 24.5 Å². The fourth-order valence-corrected chi connectivity index (χ4v) is 1.84. The summed E-state index contributed by atoms with van der Waals surface area (Å²) in [5, 5.41) is 7.80. The molecule has 0 radical (unpaired) electrons. The average Bonchev–Trinajstić information content (AvgIpc) is 2.67. The fourth-order valence-electron chi connectivity index (χ4n) is 1.84. The third-order valence-corrected chi connectivity index (χ3v) is 2.93. The summed E-state index contributed by atoms with van der Waals surface area (Å²) in [6.45, 7) is 8.78. The Balaban J connectivity index is 2.06. The van der Waals surface area contributed by atoms with Crippen molar-refractivity contribution in [2.45, 2.75) is 59.0 Å². The van der Waals surface area contributed by atoms with Crippen LogP contribution in [0.15, 0.2) is 12.3 Å². The van der Waals surface area contributed by atoms with Gasteiger partial charge in [-0.2, -0.15) is 5.10 Å². The Bertz CT molecular complexity index is 280. The number of rotatable bonds is 8. The van der Waals surface area contributed by atoms with Gasteiger partial charge in [0.1, 0.15) is 0 Å². The van der Waals surface area contributed by atoms with E-state index in [0.29, 0.717) is 6.04 Å². The van der Waals surface area contributed by atoms with Crippen LogP contribution in [0, 0.1) is 6.92 Å². The summed E-state index contributed by atoms with van der Waals surface area (Å²) in [6, 6.07) is 2.71. The van der Waals surface area contributed by atoms with E-state index in [2.05, 4.69) is 41.9 Å². The lowest BCUT2D eigenvalue weighted by Crippen LogP contribution is -2.26. The lowest BCUT2D eigenvalue weighted by molar-refractivity contribution is 0.464. The maximum absolute atomic E-state index is 4.28. The number of nitrogens with zero attached hydrogens (tertiary/aromatic N) is 2. The van der Waals surface area contributed by atoms with Crippen molar-refractivity contribution in [2.75, 3.05) is 6.54 Å². The minimum atomic E-state index is 0.652. The Morgan fingerprint density at radius 2 is 2.25 bits per heavy atom. The summed E-state index contributed by atoms with van der Waals surface area (Å²) in [5.41, 5.74) is 1.26. The lowest BCUT2D eigenvalue weighted by atomic mass is 10.1. The van der Waals surface area contributed by atoms with Gasteiger partial charge < -0.3 is 5.32 Å². The van der Waals surface area contributed by atoms with Crippen molar-refractivity contribution in [3.8, 4) is 0 Å². The van der Waals surface area contributed by atoms with Gasteiger partial charge in [0.2, 0.25) is 0 Å². The Hall–Kier alpha value is -0.830. The molecule has 0 aliphatic heterocycles. The van der Waals surface area contributed by atoms with E-state index < -0.39 is 0 Å². The molecular weight excluding hydrogens is 198 g/mol. The monoisotopic (exact) mass is 223 g/mol. The van der Waals surface area contributed by atoms with Crippen LogP contribution < -0.4 is 5.32 Å². The molecule has 0 spiro atoms. The van der Waals surface area contributed by atoms with E-state index in [1.165, 1.54) is 31.4 Å². The van der Waals surface area contributed by atoms with Crippen LogP contribution in [-0.4, -0.2) is 22.4 Å². The summed E-state index contributed by atoms with van der Waals surface area (Å²) in [6.07, 6.45) is 6.86. The SMILES string of the molecule is CCCNC(C)CCCCn1nccc1C. The number of hydrogen-bond donors (Lipinski definition) is 1. The van der Waals surface area contributed by atoms with Crippen LogP contribution >= 0.6 is 0 Å². The molecule has 1 atom stereocenters. The normalized spacial score (nSPS) is 12.9. The molecule has 1 aromatic heterocycles. The number of aromatic nitrogens is 2. The van der Waals surface area contributed by atoms with Crippen molar-refractivity contribution < 1.29 is 0 Å². The first-order valence-electron chi connectivity index (χ1n) is 6.45. The summed E-state index contributed by atoms with van der Waals surface area (Å²) in [4.78, 5) is 0.